The first-order valence-electron chi connectivity index (χ1n) is 11.6. The standard InChI is InChI=1S/C27H34N2O/c28-19-5-3-1-2-4-6-22-7-9-24(10-8-22)21-30-27-17-15-26(16-18-27)25-13-11-23(20-29)12-14-25/h1-3,5,11-14,22,24,26-27H,4,6-10,15-18,21H2/b2-1+,5-3+. The number of rotatable bonds is 8. The van der Waals surface area contributed by atoms with Crippen LogP contribution < -0.4 is 0 Å². The maximum absolute atomic E-state index is 8.95. The molecule has 0 heterocycles. The molecule has 0 aromatic heterocycles. The second-order valence-electron chi connectivity index (χ2n) is 8.92. The summed E-state index contributed by atoms with van der Waals surface area (Å²) in [4.78, 5) is 0. The lowest BCUT2D eigenvalue weighted by Crippen LogP contribution is -2.25. The minimum Gasteiger partial charge on any atom is -0.378 e. The van der Waals surface area contributed by atoms with Crippen molar-refractivity contribution in [2.75, 3.05) is 6.61 Å². The molecule has 1 aromatic carbocycles. The van der Waals surface area contributed by atoms with Crippen LogP contribution >= 0.6 is 0 Å². The molecule has 3 nitrogen and oxygen atoms in total. The monoisotopic (exact) mass is 402 g/mol. The second kappa shape index (κ2) is 12.4. The van der Waals surface area contributed by atoms with Gasteiger partial charge < -0.3 is 4.74 Å². The van der Waals surface area contributed by atoms with Gasteiger partial charge in [0.25, 0.3) is 0 Å². The first kappa shape index (κ1) is 22.3. The molecular formula is C27H34N2O. The molecule has 0 amide bonds. The van der Waals surface area contributed by atoms with Crippen LogP contribution in [0.15, 0.2) is 48.6 Å². The second-order valence-corrected chi connectivity index (χ2v) is 8.92. The summed E-state index contributed by atoms with van der Waals surface area (Å²) in [6, 6.07) is 12.3. The largest absolute Gasteiger partial charge is 0.378 e. The van der Waals surface area contributed by atoms with Crippen molar-refractivity contribution in [1.29, 1.82) is 10.5 Å². The molecule has 2 saturated carbocycles. The molecule has 0 bridgehead atoms. The molecule has 3 rings (SSSR count). The topological polar surface area (TPSA) is 56.8 Å². The van der Waals surface area contributed by atoms with E-state index in [1.807, 2.05) is 30.4 Å². The zero-order valence-electron chi connectivity index (χ0n) is 18.0. The molecule has 0 N–H and O–H groups in total. The highest BCUT2D eigenvalue weighted by atomic mass is 16.5. The average molecular weight is 403 g/mol. The van der Waals surface area contributed by atoms with Crippen LogP contribution in [-0.4, -0.2) is 12.7 Å². The maximum Gasteiger partial charge on any atom is 0.0991 e. The zero-order valence-corrected chi connectivity index (χ0v) is 18.0. The van der Waals surface area contributed by atoms with Crippen molar-refractivity contribution in [2.24, 2.45) is 11.8 Å². The Kier molecular flexibility index (Phi) is 9.20. The van der Waals surface area contributed by atoms with Gasteiger partial charge in [-0.1, -0.05) is 43.2 Å². The van der Waals surface area contributed by atoms with Crippen LogP contribution in [0, 0.1) is 34.5 Å². The number of hydrogen-bond donors (Lipinski definition) is 0. The van der Waals surface area contributed by atoms with Crippen LogP contribution in [0.25, 0.3) is 0 Å². The van der Waals surface area contributed by atoms with Crippen LogP contribution in [0.3, 0.4) is 0 Å². The molecule has 3 heteroatoms. The molecular weight excluding hydrogens is 368 g/mol. The molecule has 0 spiro atoms. The highest BCUT2D eigenvalue weighted by Crippen LogP contribution is 2.36. The van der Waals surface area contributed by atoms with Gasteiger partial charge in [0.2, 0.25) is 0 Å². The summed E-state index contributed by atoms with van der Waals surface area (Å²) in [5.41, 5.74) is 2.12. The van der Waals surface area contributed by atoms with Crippen LogP contribution in [0.5, 0.6) is 0 Å². The van der Waals surface area contributed by atoms with Gasteiger partial charge in [0, 0.05) is 12.7 Å². The zero-order chi connectivity index (χ0) is 21.0. The Morgan fingerprint density at radius 1 is 0.867 bits per heavy atom. The van der Waals surface area contributed by atoms with E-state index < -0.39 is 0 Å². The predicted molar refractivity (Wildman–Crippen MR) is 121 cm³/mol. The fourth-order valence-corrected chi connectivity index (χ4v) is 4.96. The Morgan fingerprint density at radius 3 is 2.23 bits per heavy atom. The maximum atomic E-state index is 8.95. The number of nitriles is 2. The summed E-state index contributed by atoms with van der Waals surface area (Å²) < 4.78 is 6.33. The molecule has 0 radical (unpaired) electrons. The Labute approximate surface area is 182 Å². The summed E-state index contributed by atoms with van der Waals surface area (Å²) in [6.45, 7) is 0.942. The van der Waals surface area contributed by atoms with Crippen LogP contribution in [-0.2, 0) is 4.74 Å². The van der Waals surface area contributed by atoms with Crippen molar-refractivity contribution in [2.45, 2.75) is 76.2 Å². The lowest BCUT2D eigenvalue weighted by molar-refractivity contribution is -0.00474. The van der Waals surface area contributed by atoms with Crippen LogP contribution in [0.1, 0.15) is 81.3 Å². The molecule has 30 heavy (non-hydrogen) atoms. The third kappa shape index (κ3) is 7.16. The molecule has 158 valence electrons. The van der Waals surface area contributed by atoms with Gasteiger partial charge in [-0.25, -0.2) is 0 Å². The average Bonchev–Trinajstić information content (AvgIpc) is 2.81. The van der Waals surface area contributed by atoms with Crippen molar-refractivity contribution < 1.29 is 4.74 Å². The lowest BCUT2D eigenvalue weighted by Gasteiger charge is -2.32. The molecule has 0 saturated heterocycles. The highest BCUT2D eigenvalue weighted by Gasteiger charge is 2.25. The Morgan fingerprint density at radius 2 is 1.57 bits per heavy atom. The number of ether oxygens (including phenoxy) is 1. The van der Waals surface area contributed by atoms with Crippen LogP contribution in [0.2, 0.25) is 0 Å². The number of benzene rings is 1. The van der Waals surface area contributed by atoms with Gasteiger partial charge in [-0.3, -0.25) is 0 Å². The van der Waals surface area contributed by atoms with Gasteiger partial charge in [0.15, 0.2) is 0 Å². The van der Waals surface area contributed by atoms with E-state index >= 15 is 0 Å². The van der Waals surface area contributed by atoms with E-state index in [0.717, 1.165) is 43.3 Å². The Bertz CT molecular complexity index is 765. The molecule has 2 aliphatic rings. The van der Waals surface area contributed by atoms with E-state index in [0.29, 0.717) is 12.0 Å². The summed E-state index contributed by atoms with van der Waals surface area (Å²) in [5, 5.41) is 17.4. The van der Waals surface area contributed by atoms with Crippen molar-refractivity contribution in [3.63, 3.8) is 0 Å². The molecule has 0 atom stereocenters. The normalized spacial score (nSPS) is 27.1. The molecule has 0 aliphatic heterocycles. The minimum absolute atomic E-state index is 0.434. The first-order chi connectivity index (χ1) is 14.8. The van der Waals surface area contributed by atoms with E-state index in [1.54, 1.807) is 0 Å². The van der Waals surface area contributed by atoms with E-state index in [1.165, 1.54) is 56.6 Å². The van der Waals surface area contributed by atoms with E-state index in [9.17, 15) is 0 Å². The van der Waals surface area contributed by atoms with Crippen molar-refractivity contribution in [3.8, 4) is 12.1 Å². The predicted octanol–water partition coefficient (Wildman–Crippen LogP) is 6.82. The number of hydrogen-bond acceptors (Lipinski definition) is 3. The van der Waals surface area contributed by atoms with Gasteiger partial charge in [0.1, 0.15) is 0 Å². The quantitative estimate of drug-likeness (QED) is 0.354. The van der Waals surface area contributed by atoms with E-state index in [-0.39, 0.29) is 0 Å². The smallest absolute Gasteiger partial charge is 0.0991 e. The molecule has 0 unspecified atom stereocenters. The van der Waals surface area contributed by atoms with E-state index in [4.69, 9.17) is 15.3 Å². The van der Waals surface area contributed by atoms with Crippen LogP contribution in [0.4, 0.5) is 0 Å². The number of allylic oxidation sites excluding steroid dienone is 4. The third-order valence-corrected chi connectivity index (χ3v) is 6.88. The summed E-state index contributed by atoms with van der Waals surface area (Å²) >= 11 is 0. The first-order valence-corrected chi connectivity index (χ1v) is 11.6. The fraction of sp³-hybridized carbons (Fsp3) is 0.556. The van der Waals surface area contributed by atoms with Crippen molar-refractivity contribution >= 4 is 0 Å². The van der Waals surface area contributed by atoms with Crippen molar-refractivity contribution in [3.05, 3.63) is 59.7 Å². The summed E-state index contributed by atoms with van der Waals surface area (Å²) in [5.74, 6) is 2.22. The molecule has 2 fully saturated rings. The summed E-state index contributed by atoms with van der Waals surface area (Å²) in [7, 11) is 0. The summed E-state index contributed by atoms with van der Waals surface area (Å²) in [6.07, 6.45) is 20.3. The highest BCUT2D eigenvalue weighted by molar-refractivity contribution is 5.33. The SMILES string of the molecule is N#C/C=C/C=C/CCC1CCC(COC2CCC(c3ccc(C#N)cc3)CC2)CC1. The Hall–Kier alpha value is -2.36. The Balaban J connectivity index is 1.28. The van der Waals surface area contributed by atoms with E-state index in [2.05, 4.69) is 24.3 Å². The van der Waals surface area contributed by atoms with Gasteiger partial charge in [-0.2, -0.15) is 10.5 Å². The fourth-order valence-electron chi connectivity index (χ4n) is 4.96. The lowest BCUT2D eigenvalue weighted by atomic mass is 9.80. The molecule has 2 aliphatic carbocycles. The van der Waals surface area contributed by atoms with Gasteiger partial charge in [-0.05, 0) is 86.8 Å². The van der Waals surface area contributed by atoms with Gasteiger partial charge in [0.05, 0.1) is 23.8 Å². The van der Waals surface area contributed by atoms with Gasteiger partial charge in [-0.15, -0.1) is 0 Å². The van der Waals surface area contributed by atoms with Crippen molar-refractivity contribution in [1.82, 2.24) is 0 Å². The third-order valence-electron chi connectivity index (χ3n) is 6.88. The number of nitrogens with zero attached hydrogens (tertiary/aromatic N) is 2. The molecule has 1 aromatic rings. The minimum atomic E-state index is 0.434. The van der Waals surface area contributed by atoms with Gasteiger partial charge >= 0.3 is 0 Å².